The summed E-state index contributed by atoms with van der Waals surface area (Å²) in [6.45, 7) is 3.88. The number of allylic oxidation sites excluding steroid dienone is 2. The molecule has 422 valence electrons. The van der Waals surface area contributed by atoms with Gasteiger partial charge in [0.05, 0.1) is 25.4 Å². The van der Waals surface area contributed by atoms with Crippen LogP contribution in [0.3, 0.4) is 0 Å². The number of unbranched alkanes of at least 4 members (excludes halogenated alkanes) is 43. The van der Waals surface area contributed by atoms with Crippen molar-refractivity contribution in [2.75, 3.05) is 13.2 Å². The molecule has 1 aliphatic heterocycles. The molecule has 6 N–H and O–H groups in total. The molecule has 0 radical (unpaired) electrons. The van der Waals surface area contributed by atoms with Gasteiger partial charge >= 0.3 is 0 Å². The Bertz CT molecular complexity index is 1120. The van der Waals surface area contributed by atoms with Gasteiger partial charge in [0.1, 0.15) is 24.4 Å². The van der Waals surface area contributed by atoms with Gasteiger partial charge in [-0.15, -0.1) is 0 Å². The van der Waals surface area contributed by atoms with Gasteiger partial charge in [-0.1, -0.05) is 289 Å². The molecule has 1 saturated heterocycles. The lowest BCUT2D eigenvalue weighted by Gasteiger charge is -2.40. The second kappa shape index (κ2) is 52.4. The number of hydrogen-bond acceptors (Lipinski definition) is 8. The van der Waals surface area contributed by atoms with Gasteiger partial charge in [-0.05, 0) is 38.5 Å². The maximum Gasteiger partial charge on any atom is 0.220 e. The molecular formula is C62H121NO8. The number of amides is 1. The third kappa shape index (κ3) is 41.8. The van der Waals surface area contributed by atoms with Crippen LogP contribution in [-0.2, 0) is 14.3 Å². The van der Waals surface area contributed by atoms with Crippen molar-refractivity contribution in [3.63, 3.8) is 0 Å². The van der Waals surface area contributed by atoms with Crippen molar-refractivity contribution < 1.29 is 39.8 Å². The van der Waals surface area contributed by atoms with Crippen molar-refractivity contribution in [2.45, 2.75) is 365 Å². The zero-order valence-electron chi connectivity index (χ0n) is 47.0. The number of aliphatic hydroxyl groups excluding tert-OH is 5. The molecule has 0 spiro atoms. The molecule has 71 heavy (non-hydrogen) atoms. The summed E-state index contributed by atoms with van der Waals surface area (Å²) in [4.78, 5) is 13.1. The quantitative estimate of drug-likeness (QED) is 0.0261. The molecule has 1 heterocycles. The van der Waals surface area contributed by atoms with Crippen LogP contribution in [0.4, 0.5) is 0 Å². The van der Waals surface area contributed by atoms with E-state index in [1.54, 1.807) is 0 Å². The number of carbonyl (C=O) groups excluding carboxylic acids is 1. The zero-order chi connectivity index (χ0) is 51.5. The minimum absolute atomic E-state index is 0.133. The molecule has 0 saturated carbocycles. The normalized spacial score (nSPS) is 19.2. The highest BCUT2D eigenvalue weighted by Gasteiger charge is 2.44. The molecule has 9 heteroatoms. The summed E-state index contributed by atoms with van der Waals surface area (Å²) in [6, 6.07) is -0.715. The average molecular weight is 1010 g/mol. The summed E-state index contributed by atoms with van der Waals surface area (Å²) in [6.07, 6.45) is 58.4. The van der Waals surface area contributed by atoms with Gasteiger partial charge < -0.3 is 40.3 Å². The first-order valence-corrected chi connectivity index (χ1v) is 31.4. The van der Waals surface area contributed by atoms with Crippen molar-refractivity contribution in [3.8, 4) is 0 Å². The summed E-state index contributed by atoms with van der Waals surface area (Å²) in [5.74, 6) is -0.138. The van der Waals surface area contributed by atoms with Crippen LogP contribution in [0.2, 0.25) is 0 Å². The van der Waals surface area contributed by atoms with Crippen LogP contribution in [0.1, 0.15) is 322 Å². The lowest BCUT2D eigenvalue weighted by Crippen LogP contribution is -2.60. The fourth-order valence-electron chi connectivity index (χ4n) is 10.4. The molecule has 0 aliphatic carbocycles. The van der Waals surface area contributed by atoms with Crippen molar-refractivity contribution in [1.29, 1.82) is 0 Å². The summed E-state index contributed by atoms with van der Waals surface area (Å²) < 4.78 is 11.3. The maximum absolute atomic E-state index is 13.1. The van der Waals surface area contributed by atoms with Crippen molar-refractivity contribution in [3.05, 3.63) is 12.2 Å². The Balaban J connectivity index is 2.08. The predicted octanol–water partition coefficient (Wildman–Crippen LogP) is 16.0. The van der Waals surface area contributed by atoms with Gasteiger partial charge in [0.25, 0.3) is 0 Å². The number of nitrogens with one attached hydrogen (secondary N) is 1. The van der Waals surface area contributed by atoms with Crippen LogP contribution in [-0.4, -0.2) is 87.5 Å². The summed E-state index contributed by atoms with van der Waals surface area (Å²) in [5.41, 5.74) is 0. The van der Waals surface area contributed by atoms with E-state index in [9.17, 15) is 30.3 Å². The van der Waals surface area contributed by atoms with E-state index >= 15 is 0 Å². The zero-order valence-corrected chi connectivity index (χ0v) is 47.0. The first kappa shape index (κ1) is 67.9. The molecule has 1 rings (SSSR count). The molecule has 7 unspecified atom stereocenters. The summed E-state index contributed by atoms with van der Waals surface area (Å²) >= 11 is 0. The maximum atomic E-state index is 13.1. The lowest BCUT2D eigenvalue weighted by molar-refractivity contribution is -0.302. The number of rotatable bonds is 55. The molecule has 7 atom stereocenters. The van der Waals surface area contributed by atoms with Crippen molar-refractivity contribution >= 4 is 5.91 Å². The van der Waals surface area contributed by atoms with Crippen molar-refractivity contribution in [2.24, 2.45) is 0 Å². The van der Waals surface area contributed by atoms with Gasteiger partial charge in [-0.25, -0.2) is 0 Å². The molecule has 1 aliphatic rings. The Morgan fingerprint density at radius 2 is 0.789 bits per heavy atom. The third-order valence-electron chi connectivity index (χ3n) is 15.4. The molecule has 0 bridgehead atoms. The van der Waals surface area contributed by atoms with Crippen LogP contribution in [0, 0.1) is 0 Å². The van der Waals surface area contributed by atoms with E-state index in [-0.39, 0.29) is 12.5 Å². The Kier molecular flexibility index (Phi) is 50.1. The number of hydrogen-bond donors (Lipinski definition) is 6. The molecule has 1 amide bonds. The Labute approximate surface area is 439 Å². The molecule has 9 nitrogen and oxygen atoms in total. The third-order valence-corrected chi connectivity index (χ3v) is 15.4. The van der Waals surface area contributed by atoms with Crippen LogP contribution in [0.25, 0.3) is 0 Å². The van der Waals surface area contributed by atoms with Crippen LogP contribution in [0.15, 0.2) is 12.2 Å². The Morgan fingerprint density at radius 1 is 0.465 bits per heavy atom. The molecule has 1 fully saturated rings. The topological polar surface area (TPSA) is 149 Å². The Hall–Kier alpha value is -1.07. The van der Waals surface area contributed by atoms with Gasteiger partial charge in [0.15, 0.2) is 6.29 Å². The highest BCUT2D eigenvalue weighted by molar-refractivity contribution is 5.76. The molecule has 0 aromatic carbocycles. The number of ether oxygens (including phenoxy) is 2. The average Bonchev–Trinajstić information content (AvgIpc) is 3.37. The minimum atomic E-state index is -1.55. The standard InChI is InChI=1S/C62H121NO8/c1-3-5-7-9-11-13-15-17-19-20-21-22-23-24-25-26-27-28-29-30-31-32-33-34-35-36-38-40-42-44-46-48-50-52-58(66)63-55(54-70-62-61(69)60(68)59(67)57(53-64)71-62)56(65)51-49-47-45-43-41-39-37-18-16-14-12-10-8-6-4-2/h24-25,55-57,59-62,64-65,67-69H,3-23,26-54H2,1-2H3,(H,63,66)/b25-24-. The first-order valence-electron chi connectivity index (χ1n) is 31.4. The van der Waals surface area contributed by atoms with E-state index in [1.165, 1.54) is 257 Å². The van der Waals surface area contributed by atoms with Gasteiger partial charge in [0.2, 0.25) is 5.91 Å². The molecule has 0 aromatic heterocycles. The van der Waals surface area contributed by atoms with Gasteiger partial charge in [0, 0.05) is 6.42 Å². The summed E-state index contributed by atoms with van der Waals surface area (Å²) in [7, 11) is 0. The molecule has 0 aromatic rings. The molecular weight excluding hydrogens is 887 g/mol. The number of carbonyl (C=O) groups is 1. The van der Waals surface area contributed by atoms with E-state index in [1.807, 2.05) is 0 Å². The van der Waals surface area contributed by atoms with E-state index in [0.717, 1.165) is 38.5 Å². The first-order chi connectivity index (χ1) is 34.8. The van der Waals surface area contributed by atoms with E-state index < -0.39 is 49.5 Å². The Morgan fingerprint density at radius 3 is 1.14 bits per heavy atom. The SMILES string of the molecule is CCCCCCCCCCCCCC/C=C\CCCCCCCCCCCCCCCCCCCC(=O)NC(COC1OC(CO)C(O)C(O)C1O)C(O)CCCCCCCCCCCCCCCCC. The fraction of sp³-hybridized carbons (Fsp3) is 0.952. The lowest BCUT2D eigenvalue weighted by atomic mass is 9.99. The van der Waals surface area contributed by atoms with Crippen LogP contribution < -0.4 is 5.32 Å². The van der Waals surface area contributed by atoms with Crippen molar-refractivity contribution in [1.82, 2.24) is 5.32 Å². The highest BCUT2D eigenvalue weighted by Crippen LogP contribution is 2.23. The second-order valence-corrected chi connectivity index (χ2v) is 22.2. The van der Waals surface area contributed by atoms with Gasteiger partial charge in [-0.3, -0.25) is 4.79 Å². The summed E-state index contributed by atoms with van der Waals surface area (Å²) in [5, 5.41) is 54.7. The van der Waals surface area contributed by atoms with Crippen LogP contribution in [0.5, 0.6) is 0 Å². The second-order valence-electron chi connectivity index (χ2n) is 22.2. The van der Waals surface area contributed by atoms with Crippen LogP contribution >= 0.6 is 0 Å². The highest BCUT2D eigenvalue weighted by atomic mass is 16.7. The predicted molar refractivity (Wildman–Crippen MR) is 300 cm³/mol. The van der Waals surface area contributed by atoms with E-state index in [4.69, 9.17) is 9.47 Å². The number of aliphatic hydroxyl groups is 5. The van der Waals surface area contributed by atoms with E-state index in [2.05, 4.69) is 31.3 Å². The van der Waals surface area contributed by atoms with E-state index in [0.29, 0.717) is 12.8 Å². The fourth-order valence-corrected chi connectivity index (χ4v) is 10.4. The largest absolute Gasteiger partial charge is 0.394 e. The monoisotopic (exact) mass is 1010 g/mol. The smallest absolute Gasteiger partial charge is 0.220 e. The van der Waals surface area contributed by atoms with Gasteiger partial charge in [-0.2, -0.15) is 0 Å². The minimum Gasteiger partial charge on any atom is -0.394 e.